The van der Waals surface area contributed by atoms with Gasteiger partial charge in [0, 0.05) is 30.1 Å². The van der Waals surface area contributed by atoms with Crippen molar-refractivity contribution in [1.82, 2.24) is 9.78 Å². The van der Waals surface area contributed by atoms with Crippen molar-refractivity contribution >= 4 is 5.78 Å². The number of rotatable bonds is 2. The highest BCUT2D eigenvalue weighted by molar-refractivity contribution is 5.78. The monoisotopic (exact) mass is 194 g/mol. The van der Waals surface area contributed by atoms with Crippen LogP contribution in [0.15, 0.2) is 6.20 Å². The van der Waals surface area contributed by atoms with Gasteiger partial charge in [-0.3, -0.25) is 9.48 Å². The van der Waals surface area contributed by atoms with Crippen LogP contribution in [-0.4, -0.2) is 15.6 Å². The molecule has 0 radical (unpaired) electrons. The zero-order valence-corrected chi connectivity index (χ0v) is 9.59. The Morgan fingerprint density at radius 2 is 2.07 bits per heavy atom. The minimum absolute atomic E-state index is 0.0377. The van der Waals surface area contributed by atoms with E-state index in [0.717, 1.165) is 11.3 Å². The van der Waals surface area contributed by atoms with Gasteiger partial charge >= 0.3 is 0 Å². The zero-order chi connectivity index (χ0) is 10.9. The molecule has 0 fully saturated rings. The fraction of sp³-hybridized carbons (Fsp3) is 0.636. The van der Waals surface area contributed by atoms with E-state index in [1.807, 2.05) is 11.7 Å². The van der Waals surface area contributed by atoms with Gasteiger partial charge in [-0.2, -0.15) is 5.10 Å². The summed E-state index contributed by atoms with van der Waals surface area (Å²) in [6.07, 6.45) is 2.28. The molecule has 1 aromatic rings. The van der Waals surface area contributed by atoms with Crippen LogP contribution in [0.5, 0.6) is 0 Å². The van der Waals surface area contributed by atoms with Crippen molar-refractivity contribution < 1.29 is 4.79 Å². The molecule has 0 N–H and O–H groups in total. The van der Waals surface area contributed by atoms with Crippen LogP contribution >= 0.6 is 0 Å². The molecule has 78 valence electrons. The van der Waals surface area contributed by atoms with Crippen molar-refractivity contribution in [2.45, 2.75) is 39.5 Å². The number of aryl methyl sites for hydroxylation is 1. The zero-order valence-electron chi connectivity index (χ0n) is 9.59. The van der Waals surface area contributed by atoms with E-state index in [1.54, 1.807) is 13.1 Å². The maximum absolute atomic E-state index is 11.1. The molecule has 0 bridgehead atoms. The number of carbonyl (C=O) groups is 1. The minimum Gasteiger partial charge on any atom is -0.300 e. The molecule has 1 aromatic heterocycles. The number of carbonyl (C=O) groups excluding carboxylic acids is 1. The van der Waals surface area contributed by atoms with E-state index in [1.165, 1.54) is 0 Å². The summed E-state index contributed by atoms with van der Waals surface area (Å²) in [5, 5.41) is 4.20. The number of hydrogen-bond donors (Lipinski definition) is 0. The van der Waals surface area contributed by atoms with Crippen LogP contribution < -0.4 is 0 Å². The Hall–Kier alpha value is -1.12. The molecule has 0 amide bonds. The molecule has 14 heavy (non-hydrogen) atoms. The van der Waals surface area contributed by atoms with Crippen LogP contribution in [-0.2, 0) is 23.7 Å². The van der Waals surface area contributed by atoms with Gasteiger partial charge in [-0.05, 0) is 6.92 Å². The second kappa shape index (κ2) is 3.56. The Balaban J connectivity index is 3.13. The summed E-state index contributed by atoms with van der Waals surface area (Å²) in [4.78, 5) is 11.1. The average molecular weight is 194 g/mol. The first-order valence-corrected chi connectivity index (χ1v) is 4.83. The molecule has 1 rings (SSSR count). The fourth-order valence-electron chi connectivity index (χ4n) is 1.85. The molecule has 0 aromatic carbocycles. The van der Waals surface area contributed by atoms with Gasteiger partial charge in [-0.1, -0.05) is 20.8 Å². The summed E-state index contributed by atoms with van der Waals surface area (Å²) >= 11 is 0. The second-order valence-electron chi connectivity index (χ2n) is 4.77. The van der Waals surface area contributed by atoms with Crippen molar-refractivity contribution in [2.75, 3.05) is 0 Å². The predicted octanol–water partition coefficient (Wildman–Crippen LogP) is 1.85. The number of nitrogens with zero attached hydrogens (tertiary/aromatic N) is 2. The van der Waals surface area contributed by atoms with Crippen molar-refractivity contribution in [3.8, 4) is 0 Å². The molecule has 0 spiro atoms. The molecule has 0 saturated carbocycles. The highest BCUT2D eigenvalue weighted by Gasteiger charge is 2.22. The Bertz CT molecular complexity index is 345. The number of hydrogen-bond acceptors (Lipinski definition) is 2. The normalized spacial score (nSPS) is 11.8. The van der Waals surface area contributed by atoms with Gasteiger partial charge in [0.05, 0.1) is 6.20 Å². The van der Waals surface area contributed by atoms with E-state index in [0.29, 0.717) is 6.42 Å². The maximum atomic E-state index is 11.1. The van der Waals surface area contributed by atoms with Gasteiger partial charge in [0.25, 0.3) is 0 Å². The van der Waals surface area contributed by atoms with Crippen LogP contribution in [0, 0.1) is 0 Å². The van der Waals surface area contributed by atoms with E-state index >= 15 is 0 Å². The van der Waals surface area contributed by atoms with Crippen LogP contribution in [0.25, 0.3) is 0 Å². The Morgan fingerprint density at radius 1 is 1.50 bits per heavy atom. The van der Waals surface area contributed by atoms with Gasteiger partial charge in [0.1, 0.15) is 5.78 Å². The smallest absolute Gasteiger partial charge is 0.134 e. The third-order valence-corrected chi connectivity index (χ3v) is 2.16. The number of ketones is 1. The van der Waals surface area contributed by atoms with Gasteiger partial charge < -0.3 is 0 Å². The lowest BCUT2D eigenvalue weighted by Crippen LogP contribution is -2.19. The van der Waals surface area contributed by atoms with E-state index in [4.69, 9.17) is 0 Å². The van der Waals surface area contributed by atoms with Crippen molar-refractivity contribution in [3.05, 3.63) is 17.5 Å². The molecular weight excluding hydrogens is 176 g/mol. The summed E-state index contributed by atoms with van der Waals surface area (Å²) in [7, 11) is 1.92. The SMILES string of the molecule is CC(=O)Cc1cnn(C)c1C(C)(C)C. The first-order valence-electron chi connectivity index (χ1n) is 4.83. The van der Waals surface area contributed by atoms with Gasteiger partial charge in [-0.25, -0.2) is 0 Å². The minimum atomic E-state index is 0.0377. The molecule has 0 aliphatic carbocycles. The summed E-state index contributed by atoms with van der Waals surface area (Å²) in [5.74, 6) is 0.184. The van der Waals surface area contributed by atoms with Gasteiger partial charge in [0.2, 0.25) is 0 Å². The topological polar surface area (TPSA) is 34.9 Å². The van der Waals surface area contributed by atoms with E-state index in [2.05, 4.69) is 25.9 Å². The summed E-state index contributed by atoms with van der Waals surface area (Å²) in [6, 6.07) is 0. The lowest BCUT2D eigenvalue weighted by atomic mass is 9.88. The van der Waals surface area contributed by atoms with Crippen LogP contribution in [0.1, 0.15) is 39.0 Å². The lowest BCUT2D eigenvalue weighted by Gasteiger charge is -2.20. The number of aromatic nitrogens is 2. The van der Waals surface area contributed by atoms with Crippen molar-refractivity contribution in [3.63, 3.8) is 0 Å². The highest BCUT2D eigenvalue weighted by atomic mass is 16.1. The molecule has 0 unspecified atom stereocenters. The highest BCUT2D eigenvalue weighted by Crippen LogP contribution is 2.25. The van der Waals surface area contributed by atoms with E-state index in [9.17, 15) is 4.79 Å². The largest absolute Gasteiger partial charge is 0.300 e. The van der Waals surface area contributed by atoms with Crippen molar-refractivity contribution in [1.29, 1.82) is 0 Å². The molecule has 3 heteroatoms. The van der Waals surface area contributed by atoms with Crippen LogP contribution in [0.2, 0.25) is 0 Å². The molecule has 3 nitrogen and oxygen atoms in total. The van der Waals surface area contributed by atoms with Gasteiger partial charge in [0.15, 0.2) is 0 Å². The van der Waals surface area contributed by atoms with Crippen LogP contribution in [0.4, 0.5) is 0 Å². The molecule has 0 aliphatic heterocycles. The van der Waals surface area contributed by atoms with Crippen molar-refractivity contribution in [2.24, 2.45) is 7.05 Å². The Kier molecular flexibility index (Phi) is 2.79. The van der Waals surface area contributed by atoms with Crippen LogP contribution in [0.3, 0.4) is 0 Å². The molecular formula is C11H18N2O. The molecule has 1 heterocycles. The Labute approximate surface area is 85.1 Å². The summed E-state index contributed by atoms with van der Waals surface area (Å²) in [6.45, 7) is 8.01. The third kappa shape index (κ3) is 2.22. The van der Waals surface area contributed by atoms with E-state index < -0.39 is 0 Å². The summed E-state index contributed by atoms with van der Waals surface area (Å²) < 4.78 is 1.86. The second-order valence-corrected chi connectivity index (χ2v) is 4.77. The quantitative estimate of drug-likeness (QED) is 0.720. The summed E-state index contributed by atoms with van der Waals surface area (Å²) in [5.41, 5.74) is 2.23. The lowest BCUT2D eigenvalue weighted by molar-refractivity contribution is -0.116. The maximum Gasteiger partial charge on any atom is 0.134 e. The predicted molar refractivity (Wildman–Crippen MR) is 56.3 cm³/mol. The molecule has 0 saturated heterocycles. The average Bonchev–Trinajstić information content (AvgIpc) is 2.28. The Morgan fingerprint density at radius 3 is 2.50 bits per heavy atom. The number of Topliss-reactive ketones (excluding diaryl/α,β-unsaturated/α-hetero) is 1. The first-order chi connectivity index (χ1) is 6.32. The fourth-order valence-corrected chi connectivity index (χ4v) is 1.85. The standard InChI is InChI=1S/C11H18N2O/c1-8(14)6-9-7-12-13(5)10(9)11(2,3)4/h7H,6H2,1-5H3. The van der Waals surface area contributed by atoms with E-state index in [-0.39, 0.29) is 11.2 Å². The van der Waals surface area contributed by atoms with Gasteiger partial charge in [-0.15, -0.1) is 0 Å². The first kappa shape index (κ1) is 11.0. The third-order valence-electron chi connectivity index (χ3n) is 2.16. The molecule has 0 aliphatic rings. The molecule has 0 atom stereocenters.